The molecule has 0 aliphatic heterocycles. The zero-order valence-corrected chi connectivity index (χ0v) is 11.3. The van der Waals surface area contributed by atoms with E-state index >= 15 is 0 Å². The lowest BCUT2D eigenvalue weighted by molar-refractivity contribution is 0.415. The molecule has 92 valence electrons. The minimum atomic E-state index is 0.908. The lowest BCUT2D eigenvalue weighted by Gasteiger charge is -2.07. The third-order valence-electron chi connectivity index (χ3n) is 3.62. The maximum atomic E-state index is 5.31. The molecule has 0 radical (unpaired) electrons. The molecule has 0 N–H and O–H groups in total. The highest BCUT2D eigenvalue weighted by Gasteiger charge is 2.06. The van der Waals surface area contributed by atoms with Crippen LogP contribution < -0.4 is 4.74 Å². The van der Waals surface area contributed by atoms with Gasteiger partial charge in [0.15, 0.2) is 0 Å². The summed E-state index contributed by atoms with van der Waals surface area (Å²) in [6, 6.07) is 17.2. The Bertz CT molecular complexity index is 905. The van der Waals surface area contributed by atoms with Crippen molar-refractivity contribution in [3.8, 4) is 5.75 Å². The van der Waals surface area contributed by atoms with Crippen LogP contribution in [0, 0.1) is 0 Å². The first-order chi connectivity index (χ1) is 9.36. The molecule has 1 aromatic heterocycles. The highest BCUT2D eigenvalue weighted by Crippen LogP contribution is 2.35. The summed E-state index contributed by atoms with van der Waals surface area (Å²) in [6.07, 6.45) is 0. The van der Waals surface area contributed by atoms with Gasteiger partial charge >= 0.3 is 0 Å². The molecular weight excluding hydrogens is 252 g/mol. The van der Waals surface area contributed by atoms with Crippen molar-refractivity contribution in [1.29, 1.82) is 0 Å². The largest absolute Gasteiger partial charge is 0.497 e. The van der Waals surface area contributed by atoms with Gasteiger partial charge in [-0.1, -0.05) is 30.3 Å². The van der Waals surface area contributed by atoms with Gasteiger partial charge in [-0.25, -0.2) is 0 Å². The lowest BCUT2D eigenvalue weighted by atomic mass is 10.0. The Kier molecular flexibility index (Phi) is 2.26. The Morgan fingerprint density at radius 1 is 0.842 bits per heavy atom. The summed E-state index contributed by atoms with van der Waals surface area (Å²) in [5.74, 6) is 0.908. The van der Waals surface area contributed by atoms with Crippen molar-refractivity contribution in [2.75, 3.05) is 7.11 Å². The predicted octanol–water partition coefficient (Wildman–Crippen LogP) is 5.22. The first-order valence-corrected chi connectivity index (χ1v) is 7.11. The zero-order chi connectivity index (χ0) is 12.8. The molecule has 0 unspecified atom stereocenters. The monoisotopic (exact) mass is 264 g/mol. The smallest absolute Gasteiger partial charge is 0.119 e. The van der Waals surface area contributed by atoms with Crippen LogP contribution >= 0.6 is 11.3 Å². The number of fused-ring (bicyclic) bond motifs is 5. The van der Waals surface area contributed by atoms with Crippen LogP contribution in [0.3, 0.4) is 0 Å². The van der Waals surface area contributed by atoms with E-state index in [0.717, 1.165) is 5.75 Å². The van der Waals surface area contributed by atoms with Crippen LogP contribution in [0.25, 0.3) is 31.6 Å². The second kappa shape index (κ2) is 3.97. The molecule has 0 aliphatic rings. The van der Waals surface area contributed by atoms with Crippen LogP contribution in [0.15, 0.2) is 53.9 Å². The van der Waals surface area contributed by atoms with Crippen molar-refractivity contribution >= 4 is 43.0 Å². The summed E-state index contributed by atoms with van der Waals surface area (Å²) >= 11 is 1.81. The van der Waals surface area contributed by atoms with Gasteiger partial charge in [-0.05, 0) is 45.1 Å². The number of hydrogen-bond donors (Lipinski definition) is 0. The third-order valence-corrected chi connectivity index (χ3v) is 4.57. The highest BCUT2D eigenvalue weighted by molar-refractivity contribution is 7.18. The zero-order valence-electron chi connectivity index (χ0n) is 10.5. The normalized spacial score (nSPS) is 11.4. The molecule has 1 heterocycles. The van der Waals surface area contributed by atoms with Crippen LogP contribution in [-0.4, -0.2) is 7.11 Å². The van der Waals surface area contributed by atoms with E-state index in [2.05, 4.69) is 47.8 Å². The Hall–Kier alpha value is -2.06. The molecule has 0 bridgehead atoms. The number of hydrogen-bond acceptors (Lipinski definition) is 2. The van der Waals surface area contributed by atoms with Crippen molar-refractivity contribution in [2.45, 2.75) is 0 Å². The van der Waals surface area contributed by atoms with Gasteiger partial charge in [0.05, 0.1) is 7.11 Å². The fourth-order valence-corrected chi connectivity index (χ4v) is 3.65. The van der Waals surface area contributed by atoms with Gasteiger partial charge in [0.1, 0.15) is 5.75 Å². The topological polar surface area (TPSA) is 9.23 Å². The van der Waals surface area contributed by atoms with Crippen molar-refractivity contribution in [3.63, 3.8) is 0 Å². The number of thiophene rings is 1. The molecule has 0 spiro atoms. The third kappa shape index (κ3) is 1.53. The van der Waals surface area contributed by atoms with Crippen LogP contribution in [0.2, 0.25) is 0 Å². The maximum absolute atomic E-state index is 5.31. The molecule has 2 heteroatoms. The fourth-order valence-electron chi connectivity index (χ4n) is 2.68. The number of methoxy groups -OCH3 is 1. The molecule has 1 nitrogen and oxygen atoms in total. The van der Waals surface area contributed by atoms with Crippen LogP contribution in [0.1, 0.15) is 0 Å². The van der Waals surface area contributed by atoms with Crippen molar-refractivity contribution < 1.29 is 4.74 Å². The van der Waals surface area contributed by atoms with Gasteiger partial charge in [-0.3, -0.25) is 0 Å². The first-order valence-electron chi connectivity index (χ1n) is 6.23. The van der Waals surface area contributed by atoms with E-state index in [4.69, 9.17) is 4.74 Å². The van der Waals surface area contributed by atoms with Gasteiger partial charge in [0, 0.05) is 10.1 Å². The Labute approximate surface area is 115 Å². The van der Waals surface area contributed by atoms with E-state index in [-0.39, 0.29) is 0 Å². The van der Waals surface area contributed by atoms with Gasteiger partial charge in [0.2, 0.25) is 0 Å². The van der Waals surface area contributed by atoms with Gasteiger partial charge in [-0.15, -0.1) is 11.3 Å². The molecule has 0 amide bonds. The molecule has 3 aromatic carbocycles. The molecule has 19 heavy (non-hydrogen) atoms. The summed E-state index contributed by atoms with van der Waals surface area (Å²) in [5.41, 5.74) is 0. The van der Waals surface area contributed by atoms with Gasteiger partial charge < -0.3 is 4.74 Å². The van der Waals surface area contributed by atoms with Crippen molar-refractivity contribution in [2.24, 2.45) is 0 Å². The number of benzene rings is 3. The average molecular weight is 264 g/mol. The first kappa shape index (κ1) is 10.8. The number of rotatable bonds is 1. The Balaban J connectivity index is 2.25. The quantitative estimate of drug-likeness (QED) is 0.428. The number of ether oxygens (including phenoxy) is 1. The minimum absolute atomic E-state index is 0.908. The standard InChI is InChI=1S/C17H12OS/c1-18-14-6-7-15-13(10-14)5-3-11-2-4-12-8-9-19-17(12)16(11)15/h2-10H,1H3. The van der Waals surface area contributed by atoms with Gasteiger partial charge in [0.25, 0.3) is 0 Å². The Morgan fingerprint density at radius 3 is 2.47 bits per heavy atom. The van der Waals surface area contributed by atoms with E-state index in [0.29, 0.717) is 0 Å². The minimum Gasteiger partial charge on any atom is -0.497 e. The van der Waals surface area contributed by atoms with Crippen LogP contribution in [-0.2, 0) is 0 Å². The summed E-state index contributed by atoms with van der Waals surface area (Å²) in [7, 11) is 1.71. The lowest BCUT2D eigenvalue weighted by Crippen LogP contribution is -1.83. The Morgan fingerprint density at radius 2 is 1.63 bits per heavy atom. The molecule has 0 saturated heterocycles. The maximum Gasteiger partial charge on any atom is 0.119 e. The molecule has 0 atom stereocenters. The van der Waals surface area contributed by atoms with Crippen molar-refractivity contribution in [1.82, 2.24) is 0 Å². The van der Waals surface area contributed by atoms with E-state index in [1.54, 1.807) is 7.11 Å². The van der Waals surface area contributed by atoms with Crippen LogP contribution in [0.4, 0.5) is 0 Å². The van der Waals surface area contributed by atoms with E-state index in [9.17, 15) is 0 Å². The molecule has 0 aliphatic carbocycles. The van der Waals surface area contributed by atoms with Gasteiger partial charge in [-0.2, -0.15) is 0 Å². The molecular formula is C17H12OS. The summed E-state index contributed by atoms with van der Waals surface area (Å²) in [6.45, 7) is 0. The summed E-state index contributed by atoms with van der Waals surface area (Å²) < 4.78 is 6.68. The second-order valence-corrected chi connectivity index (χ2v) is 5.57. The van der Waals surface area contributed by atoms with Crippen LogP contribution in [0.5, 0.6) is 5.75 Å². The molecule has 0 fully saturated rings. The summed E-state index contributed by atoms with van der Waals surface area (Å²) in [4.78, 5) is 0. The second-order valence-electron chi connectivity index (χ2n) is 4.66. The highest BCUT2D eigenvalue weighted by atomic mass is 32.1. The van der Waals surface area contributed by atoms with E-state index < -0.39 is 0 Å². The average Bonchev–Trinajstić information content (AvgIpc) is 2.94. The molecule has 4 rings (SSSR count). The van der Waals surface area contributed by atoms with E-state index in [1.807, 2.05) is 17.4 Å². The molecule has 0 saturated carbocycles. The fraction of sp³-hybridized carbons (Fsp3) is 0.0588. The van der Waals surface area contributed by atoms with E-state index in [1.165, 1.54) is 31.6 Å². The SMILES string of the molecule is COc1ccc2c(ccc3ccc4ccsc4c32)c1. The molecule has 4 aromatic rings. The predicted molar refractivity (Wildman–Crippen MR) is 83.4 cm³/mol. The summed E-state index contributed by atoms with van der Waals surface area (Å²) in [5, 5.41) is 8.66. The van der Waals surface area contributed by atoms with Crippen molar-refractivity contribution in [3.05, 3.63) is 53.9 Å².